The predicted molar refractivity (Wildman–Crippen MR) is 94.6 cm³/mol. The molecule has 2 aromatic carbocycles. The van der Waals surface area contributed by atoms with Gasteiger partial charge in [0.25, 0.3) is 11.6 Å². The molecule has 1 N–H and O–H groups in total. The standard InChI is InChI=1S/C18H14N4O3/c1-12-16(10-14-6-2-3-8-17(14)20-12)18(23)21-19-11-13-5-4-7-15(9-13)22(24)25/h2-11H,1H3,(H,21,23)/b19-11-. The van der Waals surface area contributed by atoms with E-state index in [2.05, 4.69) is 15.5 Å². The van der Waals surface area contributed by atoms with Gasteiger partial charge in [-0.05, 0) is 19.1 Å². The van der Waals surface area contributed by atoms with Crippen molar-refractivity contribution in [3.63, 3.8) is 0 Å². The van der Waals surface area contributed by atoms with Crippen molar-refractivity contribution in [2.75, 3.05) is 0 Å². The van der Waals surface area contributed by atoms with E-state index in [4.69, 9.17) is 0 Å². The number of rotatable bonds is 4. The molecule has 1 aromatic heterocycles. The first-order valence-corrected chi connectivity index (χ1v) is 7.49. The Hall–Kier alpha value is -3.61. The molecule has 1 amide bonds. The molecule has 0 fully saturated rings. The number of hydrazone groups is 1. The first-order valence-electron chi connectivity index (χ1n) is 7.49. The number of nitro benzene ring substituents is 1. The quantitative estimate of drug-likeness (QED) is 0.450. The van der Waals surface area contributed by atoms with E-state index in [-0.39, 0.29) is 5.69 Å². The number of carbonyl (C=O) groups is 1. The van der Waals surface area contributed by atoms with Gasteiger partial charge in [0.1, 0.15) is 0 Å². The van der Waals surface area contributed by atoms with Crippen molar-refractivity contribution in [2.24, 2.45) is 5.10 Å². The summed E-state index contributed by atoms with van der Waals surface area (Å²) in [6.07, 6.45) is 1.36. The minimum atomic E-state index is -0.486. The number of para-hydroxylation sites is 1. The molecule has 0 radical (unpaired) electrons. The molecular weight excluding hydrogens is 320 g/mol. The van der Waals surface area contributed by atoms with E-state index in [9.17, 15) is 14.9 Å². The number of fused-ring (bicyclic) bond motifs is 1. The monoisotopic (exact) mass is 334 g/mol. The summed E-state index contributed by atoms with van der Waals surface area (Å²) in [6, 6.07) is 15.3. The van der Waals surface area contributed by atoms with Crippen LogP contribution in [0.3, 0.4) is 0 Å². The molecule has 7 heteroatoms. The fraction of sp³-hybridized carbons (Fsp3) is 0.0556. The molecule has 0 aliphatic carbocycles. The van der Waals surface area contributed by atoms with Crippen LogP contribution in [-0.4, -0.2) is 22.0 Å². The van der Waals surface area contributed by atoms with Crippen molar-refractivity contribution in [1.82, 2.24) is 10.4 Å². The minimum absolute atomic E-state index is 0.0372. The fourth-order valence-electron chi connectivity index (χ4n) is 2.39. The lowest BCUT2D eigenvalue weighted by Gasteiger charge is -2.06. The number of carbonyl (C=O) groups excluding carboxylic acids is 1. The van der Waals surface area contributed by atoms with Crippen molar-refractivity contribution >= 4 is 28.7 Å². The van der Waals surface area contributed by atoms with Crippen LogP contribution in [-0.2, 0) is 0 Å². The van der Waals surface area contributed by atoms with Gasteiger partial charge in [0.2, 0.25) is 0 Å². The lowest BCUT2D eigenvalue weighted by Crippen LogP contribution is -2.19. The van der Waals surface area contributed by atoms with Crippen LogP contribution >= 0.6 is 0 Å². The summed E-state index contributed by atoms with van der Waals surface area (Å²) in [5.74, 6) is -0.391. The minimum Gasteiger partial charge on any atom is -0.267 e. The number of nitrogens with zero attached hydrogens (tertiary/aromatic N) is 3. The third kappa shape index (κ3) is 3.66. The van der Waals surface area contributed by atoms with Crippen LogP contribution in [0.4, 0.5) is 5.69 Å². The Labute approximate surface area is 143 Å². The summed E-state index contributed by atoms with van der Waals surface area (Å²) in [5, 5.41) is 15.5. The molecule has 1 heterocycles. The van der Waals surface area contributed by atoms with E-state index in [1.807, 2.05) is 24.3 Å². The van der Waals surface area contributed by atoms with E-state index in [0.717, 1.165) is 10.9 Å². The van der Waals surface area contributed by atoms with E-state index in [1.54, 1.807) is 25.1 Å². The molecule has 0 atom stereocenters. The van der Waals surface area contributed by atoms with Gasteiger partial charge in [-0.1, -0.05) is 30.3 Å². The second-order valence-corrected chi connectivity index (χ2v) is 5.37. The normalized spacial score (nSPS) is 10.9. The van der Waals surface area contributed by atoms with E-state index < -0.39 is 10.8 Å². The first-order chi connectivity index (χ1) is 12.0. The Balaban J connectivity index is 1.77. The van der Waals surface area contributed by atoms with Crippen LogP contribution in [0.5, 0.6) is 0 Å². The van der Waals surface area contributed by atoms with Crippen LogP contribution in [0.15, 0.2) is 59.7 Å². The lowest BCUT2D eigenvalue weighted by atomic mass is 10.1. The number of non-ortho nitro benzene ring substituents is 1. The third-order valence-corrected chi connectivity index (χ3v) is 3.62. The van der Waals surface area contributed by atoms with Gasteiger partial charge in [-0.2, -0.15) is 5.10 Å². The maximum absolute atomic E-state index is 12.3. The average Bonchev–Trinajstić information content (AvgIpc) is 2.61. The van der Waals surface area contributed by atoms with Gasteiger partial charge in [0.05, 0.1) is 27.9 Å². The zero-order valence-electron chi connectivity index (χ0n) is 13.3. The molecule has 25 heavy (non-hydrogen) atoms. The maximum Gasteiger partial charge on any atom is 0.273 e. The van der Waals surface area contributed by atoms with Crippen LogP contribution in [0.25, 0.3) is 10.9 Å². The summed E-state index contributed by atoms with van der Waals surface area (Å²) >= 11 is 0. The highest BCUT2D eigenvalue weighted by molar-refractivity contribution is 5.99. The smallest absolute Gasteiger partial charge is 0.267 e. The number of amides is 1. The van der Waals surface area contributed by atoms with Gasteiger partial charge >= 0.3 is 0 Å². The summed E-state index contributed by atoms with van der Waals surface area (Å²) in [6.45, 7) is 1.76. The number of nitrogens with one attached hydrogen (secondary N) is 1. The molecular formula is C18H14N4O3. The van der Waals surface area contributed by atoms with Gasteiger partial charge in [-0.3, -0.25) is 19.9 Å². The first kappa shape index (κ1) is 16.3. The van der Waals surface area contributed by atoms with E-state index >= 15 is 0 Å². The van der Waals surface area contributed by atoms with Gasteiger partial charge in [0, 0.05) is 23.1 Å². The molecule has 124 valence electrons. The molecule has 0 saturated carbocycles. The average molecular weight is 334 g/mol. The molecule has 0 unspecified atom stereocenters. The zero-order valence-corrected chi connectivity index (χ0v) is 13.3. The van der Waals surface area contributed by atoms with Crippen LogP contribution in [0.2, 0.25) is 0 Å². The van der Waals surface area contributed by atoms with Gasteiger partial charge < -0.3 is 0 Å². The van der Waals surface area contributed by atoms with Crippen molar-refractivity contribution in [1.29, 1.82) is 0 Å². The maximum atomic E-state index is 12.3. The number of nitro groups is 1. The second-order valence-electron chi connectivity index (χ2n) is 5.37. The van der Waals surface area contributed by atoms with Gasteiger partial charge in [-0.15, -0.1) is 0 Å². The Morgan fingerprint density at radius 1 is 1.20 bits per heavy atom. The van der Waals surface area contributed by atoms with Crippen molar-refractivity contribution in [3.05, 3.63) is 81.5 Å². The molecule has 3 rings (SSSR count). The number of hydrogen-bond acceptors (Lipinski definition) is 5. The Kier molecular flexibility index (Phi) is 4.47. The molecule has 0 aliphatic heterocycles. The highest BCUT2D eigenvalue weighted by atomic mass is 16.6. The van der Waals surface area contributed by atoms with Crippen LogP contribution < -0.4 is 5.43 Å². The molecule has 0 aliphatic rings. The zero-order chi connectivity index (χ0) is 17.8. The molecule has 0 spiro atoms. The number of pyridine rings is 1. The fourth-order valence-corrected chi connectivity index (χ4v) is 2.39. The van der Waals surface area contributed by atoms with Crippen molar-refractivity contribution in [2.45, 2.75) is 6.92 Å². The van der Waals surface area contributed by atoms with Crippen LogP contribution in [0, 0.1) is 17.0 Å². The summed E-state index contributed by atoms with van der Waals surface area (Å²) in [4.78, 5) is 27.0. The predicted octanol–water partition coefficient (Wildman–Crippen LogP) is 3.22. The SMILES string of the molecule is Cc1nc2ccccc2cc1C(=O)N/N=C\c1cccc([N+](=O)[O-])c1. The highest BCUT2D eigenvalue weighted by Crippen LogP contribution is 2.16. The molecule has 0 bridgehead atoms. The second kappa shape index (κ2) is 6.88. The van der Waals surface area contributed by atoms with Crippen LogP contribution in [0.1, 0.15) is 21.6 Å². The number of hydrogen-bond donors (Lipinski definition) is 1. The van der Waals surface area contributed by atoms with E-state index in [1.165, 1.54) is 18.3 Å². The van der Waals surface area contributed by atoms with Crippen molar-refractivity contribution in [3.8, 4) is 0 Å². The third-order valence-electron chi connectivity index (χ3n) is 3.62. The Morgan fingerprint density at radius 2 is 2.00 bits per heavy atom. The lowest BCUT2D eigenvalue weighted by molar-refractivity contribution is -0.384. The molecule has 3 aromatic rings. The molecule has 7 nitrogen and oxygen atoms in total. The Bertz CT molecular complexity index is 999. The highest BCUT2D eigenvalue weighted by Gasteiger charge is 2.11. The van der Waals surface area contributed by atoms with Gasteiger partial charge in [-0.25, -0.2) is 5.43 Å². The van der Waals surface area contributed by atoms with Gasteiger partial charge in [0.15, 0.2) is 0 Å². The summed E-state index contributed by atoms with van der Waals surface area (Å²) in [7, 11) is 0. The Morgan fingerprint density at radius 3 is 2.80 bits per heavy atom. The van der Waals surface area contributed by atoms with E-state index in [0.29, 0.717) is 16.8 Å². The van der Waals surface area contributed by atoms with Crippen molar-refractivity contribution < 1.29 is 9.72 Å². The molecule has 0 saturated heterocycles. The largest absolute Gasteiger partial charge is 0.273 e. The number of benzene rings is 2. The summed E-state index contributed by atoms with van der Waals surface area (Å²) in [5.41, 5.74) is 4.74. The number of aryl methyl sites for hydroxylation is 1. The number of aromatic nitrogens is 1. The topological polar surface area (TPSA) is 97.5 Å². The summed E-state index contributed by atoms with van der Waals surface area (Å²) < 4.78 is 0.